The van der Waals surface area contributed by atoms with Crippen molar-refractivity contribution in [3.05, 3.63) is 0 Å². The Morgan fingerprint density at radius 3 is 1.20 bits per heavy atom. The molecule has 0 atom stereocenters. The van der Waals surface area contributed by atoms with E-state index in [0.717, 1.165) is 0 Å². The molecule has 0 amide bonds. The van der Waals surface area contributed by atoms with E-state index in [1.54, 1.807) is 0 Å². The van der Waals surface area contributed by atoms with Gasteiger partial charge in [0.05, 0.1) is 0 Å². The summed E-state index contributed by atoms with van der Waals surface area (Å²) >= 11 is 0.481. The van der Waals surface area contributed by atoms with Crippen LogP contribution in [0.2, 0.25) is 0 Å². The number of carbonyl (C=O) groups excluding carboxylic acids is 2. The standard InChI is InChI=1S/C2H2O4.2Nd.2U/c3-1(4)2(5)6;;;;/h(H,3,4)(H,5,6);;;;/q;2*+1;;/p-2. The van der Waals surface area contributed by atoms with Gasteiger partial charge in [-0.1, -0.05) is 0 Å². The summed E-state index contributed by atoms with van der Waals surface area (Å²) in [5.41, 5.74) is 0. The molecule has 0 aliphatic rings. The molecule has 0 bridgehead atoms. The monoisotopic (exact) mass is 848 g/mol. The molecule has 0 rings (SSSR count). The summed E-state index contributed by atoms with van der Waals surface area (Å²) in [4.78, 5) is 20.2. The van der Waals surface area contributed by atoms with E-state index in [4.69, 9.17) is 0 Å². The van der Waals surface area contributed by atoms with Gasteiger partial charge in [0.1, 0.15) is 0 Å². The Morgan fingerprint density at radius 2 is 1.10 bits per heavy atom. The van der Waals surface area contributed by atoms with Crippen LogP contribution in [-0.2, 0) is 11.7 Å². The van der Waals surface area contributed by atoms with Crippen LogP contribution >= 0.6 is 0 Å². The van der Waals surface area contributed by atoms with Gasteiger partial charge >= 0.3 is 102 Å². The Bertz CT molecular complexity index is 104. The smallest absolute Gasteiger partial charge is 0 e. The molecule has 0 aromatic carbocycles. The van der Waals surface area contributed by atoms with Crippen LogP contribution in [0.1, 0.15) is 0 Å². The van der Waals surface area contributed by atoms with Crippen molar-refractivity contribution in [1.29, 1.82) is 0 Å². The Labute approximate surface area is 160 Å². The molecule has 0 aromatic rings. The molecule has 0 aliphatic heterocycles. The second-order valence-electron chi connectivity index (χ2n) is 0.779. The van der Waals surface area contributed by atoms with E-state index in [-0.39, 0.29) is 141 Å². The Balaban J connectivity index is -0.000000245. The van der Waals surface area contributed by atoms with Crippen LogP contribution in [-0.4, -0.2) is 11.9 Å². The molecule has 0 heterocycles. The van der Waals surface area contributed by atoms with Crippen LogP contribution in [0, 0.1) is 141 Å². The van der Waals surface area contributed by atoms with Gasteiger partial charge in [-0.05, 0) is 0 Å². The van der Waals surface area contributed by atoms with E-state index in [9.17, 15) is 9.59 Å². The molecule has 0 saturated carbocycles. The largest absolute Gasteiger partial charge is 0 e. The van der Waals surface area contributed by atoms with Crippen LogP contribution in [0.3, 0.4) is 0 Å². The zero-order valence-electron chi connectivity index (χ0n) is 4.63. The van der Waals surface area contributed by atoms with Crippen LogP contribution in [0.4, 0.5) is 0 Å². The fourth-order valence-electron chi connectivity index (χ4n) is 0.0833. The zero-order valence-corrected chi connectivity index (χ0v) is 19.4. The van der Waals surface area contributed by atoms with Crippen LogP contribution in [0.15, 0.2) is 0 Å². The zero-order chi connectivity index (χ0) is 6.57. The van der Waals surface area contributed by atoms with Crippen LogP contribution in [0.25, 0.3) is 0 Å². The molecule has 0 unspecified atom stereocenters. The van der Waals surface area contributed by atoms with Crippen molar-refractivity contribution in [2.24, 2.45) is 0 Å². The number of carbonyl (C=O) groups is 2. The van der Waals surface area contributed by atoms with Gasteiger partial charge in [-0.25, -0.2) is 0 Å². The molecule has 48 valence electrons. The van der Waals surface area contributed by atoms with E-state index >= 15 is 0 Å². The minimum Gasteiger partial charge on any atom is 0 e. The first-order valence-corrected chi connectivity index (χ1v) is 4.09. The van der Waals surface area contributed by atoms with E-state index in [0.29, 0.717) is 0 Å². The van der Waals surface area contributed by atoms with Crippen molar-refractivity contribution in [3.63, 3.8) is 0 Å². The average Bonchev–Trinajstić information content (AvgIpc) is 1.84. The minimum absolute atomic E-state index is 0. The molecule has 0 aliphatic carbocycles. The maximum Gasteiger partial charge on any atom is 0 e. The first-order chi connectivity index (χ1) is 3.72. The van der Waals surface area contributed by atoms with Crippen molar-refractivity contribution in [2.75, 3.05) is 0 Å². The summed E-state index contributed by atoms with van der Waals surface area (Å²) in [6.45, 7) is 0. The predicted molar refractivity (Wildman–Crippen MR) is 12.2 cm³/mol. The summed E-state index contributed by atoms with van der Waals surface area (Å²) in [7, 11) is 0. The first kappa shape index (κ1) is 19.3. The van der Waals surface area contributed by atoms with Crippen molar-refractivity contribution >= 4 is 11.9 Å². The quantitative estimate of drug-likeness (QED) is 0.294. The average molecular weight is 853 g/mol. The summed E-state index contributed by atoms with van der Waals surface area (Å²) in [6.07, 6.45) is 0. The predicted octanol–water partition coefficient (Wildman–Crippen LogP) is -0.999. The van der Waals surface area contributed by atoms with E-state index in [1.165, 1.54) is 0 Å². The molecule has 0 saturated heterocycles. The molecule has 0 spiro atoms. The van der Waals surface area contributed by atoms with Crippen molar-refractivity contribution in [3.8, 4) is 0 Å². The molecule has 0 radical (unpaired) electrons. The van der Waals surface area contributed by atoms with Crippen molar-refractivity contribution < 1.29 is 153 Å². The molecular weight excluding hydrogens is 853 g/mol. The SMILES string of the molecule is O=C([O][Nd])C(=O)[O][Nd].[U].[U]. The van der Waals surface area contributed by atoms with Gasteiger partial charge in [-0.15, -0.1) is 0 Å². The molecule has 0 aromatic heterocycles. The third-order valence-electron chi connectivity index (χ3n) is 0.352. The maximum absolute atomic E-state index is 10.1. The third kappa shape index (κ3) is 9.83. The summed E-state index contributed by atoms with van der Waals surface area (Å²) in [5.74, 6) is -1.77. The van der Waals surface area contributed by atoms with E-state index in [2.05, 4.69) is 2.13 Å². The molecule has 8 heteroatoms. The van der Waals surface area contributed by atoms with Gasteiger partial charge in [0.15, 0.2) is 0 Å². The maximum atomic E-state index is 10.1. The summed E-state index contributed by atoms with van der Waals surface area (Å²) < 4.78 is 8.30. The Hall–Kier alpha value is 3.75. The van der Waals surface area contributed by atoms with Gasteiger partial charge in [0.2, 0.25) is 0 Å². The topological polar surface area (TPSA) is 52.6 Å². The summed E-state index contributed by atoms with van der Waals surface area (Å²) in [6, 6.07) is 0. The van der Waals surface area contributed by atoms with E-state index < -0.39 is 11.9 Å². The van der Waals surface area contributed by atoms with E-state index in [1.807, 2.05) is 0 Å². The third-order valence-corrected chi connectivity index (χ3v) is 1.54. The summed E-state index contributed by atoms with van der Waals surface area (Å²) in [5, 5.41) is 0. The van der Waals surface area contributed by atoms with Crippen molar-refractivity contribution in [1.82, 2.24) is 0 Å². The second kappa shape index (κ2) is 12.7. The Morgan fingerprint density at radius 1 is 0.900 bits per heavy atom. The van der Waals surface area contributed by atoms with Gasteiger partial charge < -0.3 is 0 Å². The van der Waals surface area contributed by atoms with Gasteiger partial charge in [0.25, 0.3) is 0 Å². The molecular formula is C2Nd2O4U2. The number of hydrogen-bond acceptors (Lipinski definition) is 4. The molecule has 0 N–H and O–H groups in total. The molecule has 10 heavy (non-hydrogen) atoms. The van der Waals surface area contributed by atoms with Gasteiger partial charge in [-0.3, -0.25) is 0 Å². The van der Waals surface area contributed by atoms with Crippen LogP contribution in [0.5, 0.6) is 0 Å². The first-order valence-electron chi connectivity index (χ1n) is 1.47. The van der Waals surface area contributed by atoms with Gasteiger partial charge in [0, 0.05) is 62.2 Å². The van der Waals surface area contributed by atoms with Gasteiger partial charge in [-0.2, -0.15) is 0 Å². The fraction of sp³-hybridized carbons (Fsp3) is 0. The van der Waals surface area contributed by atoms with Crippen LogP contribution < -0.4 is 0 Å². The van der Waals surface area contributed by atoms with Crippen molar-refractivity contribution in [2.45, 2.75) is 0 Å². The number of hydrogen-bond donors (Lipinski definition) is 0. The second-order valence-corrected chi connectivity index (χ2v) is 2.09. The fourth-order valence-corrected chi connectivity index (χ4v) is 0.618. The minimum atomic E-state index is -0.883. The molecule has 0 fully saturated rings. The molecule has 4 nitrogen and oxygen atoms in total. The Kier molecular flexibility index (Phi) is 24.6. The normalized spacial score (nSPS) is 5.80. The number of rotatable bonds is 0.